The summed E-state index contributed by atoms with van der Waals surface area (Å²) in [5, 5.41) is 2.87. The fourth-order valence-corrected chi connectivity index (χ4v) is 1.16. The Labute approximate surface area is 91.2 Å². The minimum atomic E-state index is -0.349. The van der Waals surface area contributed by atoms with Gasteiger partial charge in [-0.05, 0) is 26.5 Å². The van der Waals surface area contributed by atoms with E-state index in [9.17, 15) is 4.79 Å². The van der Waals surface area contributed by atoms with E-state index in [1.54, 1.807) is 11.8 Å². The van der Waals surface area contributed by atoms with Gasteiger partial charge in [0.1, 0.15) is 0 Å². The maximum atomic E-state index is 11.5. The highest BCUT2D eigenvalue weighted by Crippen LogP contribution is 2.19. The summed E-state index contributed by atoms with van der Waals surface area (Å²) < 4.78 is 0.0849. The number of carbonyl (C=O) groups excluding carboxylic acids is 1. The van der Waals surface area contributed by atoms with Crippen molar-refractivity contribution in [2.75, 3.05) is 12.8 Å². The quantitative estimate of drug-likeness (QED) is 0.708. The Kier molecular flexibility index (Phi) is 6.20. The lowest BCUT2D eigenvalue weighted by Crippen LogP contribution is -2.45. The van der Waals surface area contributed by atoms with Gasteiger partial charge < -0.3 is 11.1 Å². The van der Waals surface area contributed by atoms with E-state index in [-0.39, 0.29) is 16.7 Å². The van der Waals surface area contributed by atoms with E-state index in [1.807, 2.05) is 13.2 Å². The Bertz CT molecular complexity index is 183. The summed E-state index contributed by atoms with van der Waals surface area (Å²) in [6, 6.07) is -0.349. The van der Waals surface area contributed by atoms with E-state index in [0.29, 0.717) is 6.54 Å². The third kappa shape index (κ3) is 5.50. The molecule has 0 aromatic heterocycles. The van der Waals surface area contributed by atoms with Gasteiger partial charge in [0, 0.05) is 11.3 Å². The second-order valence-electron chi connectivity index (χ2n) is 4.08. The minimum absolute atomic E-state index is 0.0334. The van der Waals surface area contributed by atoms with Crippen LogP contribution in [0.4, 0.5) is 0 Å². The molecule has 0 saturated carbocycles. The predicted molar refractivity (Wildman–Crippen MR) is 63.5 cm³/mol. The number of amides is 1. The lowest BCUT2D eigenvalue weighted by Gasteiger charge is -2.23. The van der Waals surface area contributed by atoms with Crippen molar-refractivity contribution in [1.82, 2.24) is 5.32 Å². The van der Waals surface area contributed by atoms with Crippen LogP contribution in [0.25, 0.3) is 0 Å². The van der Waals surface area contributed by atoms with Crippen LogP contribution in [0.5, 0.6) is 0 Å². The normalized spacial score (nSPS) is 13.8. The molecule has 3 nitrogen and oxygen atoms in total. The van der Waals surface area contributed by atoms with Crippen LogP contribution in [-0.4, -0.2) is 29.5 Å². The average Bonchev–Trinajstić information content (AvgIpc) is 2.15. The molecule has 0 aliphatic carbocycles. The third-order valence-electron chi connectivity index (χ3n) is 2.18. The molecule has 0 bridgehead atoms. The number of carbonyl (C=O) groups is 1. The smallest absolute Gasteiger partial charge is 0.236 e. The van der Waals surface area contributed by atoms with Gasteiger partial charge in [0.25, 0.3) is 0 Å². The minimum Gasteiger partial charge on any atom is -0.353 e. The summed E-state index contributed by atoms with van der Waals surface area (Å²) in [6.07, 6.45) is 3.74. The maximum absolute atomic E-state index is 11.5. The number of nitrogens with one attached hydrogen (secondary N) is 1. The van der Waals surface area contributed by atoms with Crippen LogP contribution < -0.4 is 11.1 Å². The van der Waals surface area contributed by atoms with Crippen LogP contribution in [-0.2, 0) is 4.79 Å². The molecule has 14 heavy (non-hydrogen) atoms. The molecule has 0 aliphatic heterocycles. The largest absolute Gasteiger partial charge is 0.353 e. The fraction of sp³-hybridized carbons (Fsp3) is 0.900. The van der Waals surface area contributed by atoms with Crippen LogP contribution in [0.15, 0.2) is 0 Å². The Morgan fingerprint density at radius 2 is 2.14 bits per heavy atom. The number of hydrogen-bond donors (Lipinski definition) is 2. The van der Waals surface area contributed by atoms with Crippen molar-refractivity contribution >= 4 is 17.7 Å². The molecule has 4 heteroatoms. The van der Waals surface area contributed by atoms with Crippen LogP contribution in [0, 0.1) is 0 Å². The number of nitrogens with two attached hydrogens (primary N) is 1. The van der Waals surface area contributed by atoms with Gasteiger partial charge in [-0.3, -0.25) is 4.79 Å². The molecule has 1 unspecified atom stereocenters. The van der Waals surface area contributed by atoms with Crippen molar-refractivity contribution in [1.29, 1.82) is 0 Å². The first-order chi connectivity index (χ1) is 6.43. The molecule has 84 valence electrons. The van der Waals surface area contributed by atoms with Crippen LogP contribution >= 0.6 is 11.8 Å². The van der Waals surface area contributed by atoms with Crippen molar-refractivity contribution in [3.63, 3.8) is 0 Å². The highest BCUT2D eigenvalue weighted by atomic mass is 32.2. The van der Waals surface area contributed by atoms with E-state index < -0.39 is 0 Å². The molecule has 1 amide bonds. The summed E-state index contributed by atoms with van der Waals surface area (Å²) in [7, 11) is 0. The SMILES string of the molecule is CCCC(N)C(=O)NCC(C)(C)SC. The Hall–Kier alpha value is -0.220. The number of thioether (sulfide) groups is 1. The maximum Gasteiger partial charge on any atom is 0.236 e. The zero-order valence-electron chi connectivity index (χ0n) is 9.59. The van der Waals surface area contributed by atoms with Gasteiger partial charge in [0.15, 0.2) is 0 Å². The summed E-state index contributed by atoms with van der Waals surface area (Å²) in [4.78, 5) is 11.5. The van der Waals surface area contributed by atoms with Crippen LogP contribution in [0.2, 0.25) is 0 Å². The highest BCUT2D eigenvalue weighted by Gasteiger charge is 2.19. The molecule has 0 aliphatic rings. The Morgan fingerprint density at radius 3 is 2.57 bits per heavy atom. The lowest BCUT2D eigenvalue weighted by atomic mass is 10.1. The molecule has 0 spiro atoms. The molecule has 0 saturated heterocycles. The first-order valence-corrected chi connectivity index (χ1v) is 6.24. The third-order valence-corrected chi connectivity index (χ3v) is 3.43. The van der Waals surface area contributed by atoms with Crippen LogP contribution in [0.1, 0.15) is 33.6 Å². The summed E-state index contributed by atoms with van der Waals surface area (Å²) in [6.45, 7) is 6.90. The first kappa shape index (κ1) is 13.8. The monoisotopic (exact) mass is 218 g/mol. The van der Waals surface area contributed by atoms with E-state index in [2.05, 4.69) is 19.2 Å². The van der Waals surface area contributed by atoms with E-state index in [1.165, 1.54) is 0 Å². The molecule has 3 N–H and O–H groups in total. The standard InChI is InChI=1S/C10H22N2OS/c1-5-6-8(11)9(13)12-7-10(2,3)14-4/h8H,5-7,11H2,1-4H3,(H,12,13). The summed E-state index contributed by atoms with van der Waals surface area (Å²) in [5.74, 6) is -0.0334. The average molecular weight is 218 g/mol. The highest BCUT2D eigenvalue weighted by molar-refractivity contribution is 7.99. The van der Waals surface area contributed by atoms with Gasteiger partial charge in [0.05, 0.1) is 6.04 Å². The molecule has 0 heterocycles. The Morgan fingerprint density at radius 1 is 1.57 bits per heavy atom. The molecule has 0 rings (SSSR count). The molecule has 0 radical (unpaired) electrons. The van der Waals surface area contributed by atoms with Gasteiger partial charge in [-0.25, -0.2) is 0 Å². The topological polar surface area (TPSA) is 55.1 Å². The van der Waals surface area contributed by atoms with Crippen molar-refractivity contribution in [3.05, 3.63) is 0 Å². The molecular formula is C10H22N2OS. The number of hydrogen-bond acceptors (Lipinski definition) is 3. The zero-order valence-corrected chi connectivity index (χ0v) is 10.4. The second kappa shape index (κ2) is 6.30. The van der Waals surface area contributed by atoms with Gasteiger partial charge in [-0.1, -0.05) is 13.3 Å². The molecule has 0 fully saturated rings. The second-order valence-corrected chi connectivity index (χ2v) is 5.59. The molecular weight excluding hydrogens is 196 g/mol. The van der Waals surface area contributed by atoms with Crippen molar-refractivity contribution in [2.45, 2.75) is 44.4 Å². The molecule has 1 atom stereocenters. The number of rotatable bonds is 6. The van der Waals surface area contributed by atoms with Crippen molar-refractivity contribution < 1.29 is 4.79 Å². The van der Waals surface area contributed by atoms with Gasteiger partial charge in [-0.2, -0.15) is 11.8 Å². The lowest BCUT2D eigenvalue weighted by molar-refractivity contribution is -0.122. The molecule has 0 aromatic carbocycles. The van der Waals surface area contributed by atoms with Gasteiger partial charge in [-0.15, -0.1) is 0 Å². The fourth-order valence-electron chi connectivity index (χ4n) is 0.945. The Balaban J connectivity index is 3.84. The summed E-state index contributed by atoms with van der Waals surface area (Å²) in [5.41, 5.74) is 5.68. The van der Waals surface area contributed by atoms with E-state index >= 15 is 0 Å². The van der Waals surface area contributed by atoms with Crippen molar-refractivity contribution in [2.24, 2.45) is 5.73 Å². The first-order valence-electron chi connectivity index (χ1n) is 5.01. The van der Waals surface area contributed by atoms with E-state index in [0.717, 1.165) is 12.8 Å². The summed E-state index contributed by atoms with van der Waals surface area (Å²) >= 11 is 1.74. The van der Waals surface area contributed by atoms with Crippen LogP contribution in [0.3, 0.4) is 0 Å². The van der Waals surface area contributed by atoms with Gasteiger partial charge in [0.2, 0.25) is 5.91 Å². The zero-order chi connectivity index (χ0) is 11.2. The predicted octanol–water partition coefficient (Wildman–Crippen LogP) is 1.37. The molecule has 0 aromatic rings. The van der Waals surface area contributed by atoms with E-state index in [4.69, 9.17) is 5.73 Å². The van der Waals surface area contributed by atoms with Crippen molar-refractivity contribution in [3.8, 4) is 0 Å². The van der Waals surface area contributed by atoms with Gasteiger partial charge >= 0.3 is 0 Å².